The van der Waals surface area contributed by atoms with Gasteiger partial charge in [0.25, 0.3) is 0 Å². The van der Waals surface area contributed by atoms with Gasteiger partial charge in [0.1, 0.15) is 11.9 Å². The van der Waals surface area contributed by atoms with Gasteiger partial charge in [0.15, 0.2) is 0 Å². The Bertz CT molecular complexity index is 1180. The summed E-state index contributed by atoms with van der Waals surface area (Å²) in [6.07, 6.45) is 1.49. The molecule has 0 unspecified atom stereocenters. The van der Waals surface area contributed by atoms with Gasteiger partial charge in [0.2, 0.25) is 5.91 Å². The SMILES string of the molecule is COCCO[C@H]1C[C@@H](c2ncc(-c3ccc(B4OC(C)(C)C(C)(C)O4)cc3)[nH]2)N(C(=O)[C@@H](NC(=O)OC)C(C)C)C1. The number of carbonyl (C=O) groups excluding carboxylic acids is 2. The molecule has 2 N–H and O–H groups in total. The van der Waals surface area contributed by atoms with E-state index in [1.165, 1.54) is 7.11 Å². The molecule has 224 valence electrons. The van der Waals surface area contributed by atoms with Gasteiger partial charge in [-0.25, -0.2) is 9.78 Å². The molecule has 11 nitrogen and oxygen atoms in total. The van der Waals surface area contributed by atoms with Crippen molar-refractivity contribution in [2.45, 2.75) is 77.4 Å². The van der Waals surface area contributed by atoms with Crippen LogP contribution in [0.15, 0.2) is 30.5 Å². The van der Waals surface area contributed by atoms with Crippen molar-refractivity contribution in [2.75, 3.05) is 34.0 Å². The minimum absolute atomic E-state index is 0.148. The Hall–Kier alpha value is -2.93. The van der Waals surface area contributed by atoms with Crippen molar-refractivity contribution in [3.63, 3.8) is 0 Å². The second-order valence-electron chi connectivity index (χ2n) is 12.0. The molecule has 0 radical (unpaired) electrons. The van der Waals surface area contributed by atoms with Crippen LogP contribution in [0.1, 0.15) is 59.8 Å². The standard InChI is InChI=1S/C29H43BN4O7/c1-18(2)24(33-27(36)38-8)26(35)34-17-21(39-14-13-37-7)15-23(34)25-31-16-22(32-25)19-9-11-20(12-10-19)30-40-28(3,4)29(5,6)41-30/h9-12,16,18,21,23-24H,13-15,17H2,1-8H3,(H,31,32)(H,33,36)/t21-,23-,24-/m0/s1. The fourth-order valence-electron chi connectivity index (χ4n) is 5.05. The number of benzene rings is 1. The Morgan fingerprint density at radius 3 is 2.37 bits per heavy atom. The van der Waals surface area contributed by atoms with Crippen molar-refractivity contribution >= 4 is 24.6 Å². The molecule has 2 aliphatic heterocycles. The van der Waals surface area contributed by atoms with E-state index in [1.54, 1.807) is 18.2 Å². The van der Waals surface area contributed by atoms with Gasteiger partial charge >= 0.3 is 13.2 Å². The second kappa shape index (κ2) is 12.5. The summed E-state index contributed by atoms with van der Waals surface area (Å²) >= 11 is 0. The molecule has 1 aromatic heterocycles. The van der Waals surface area contributed by atoms with Gasteiger partial charge in [-0.3, -0.25) is 4.79 Å². The van der Waals surface area contributed by atoms with Gasteiger partial charge in [-0.15, -0.1) is 0 Å². The zero-order valence-corrected chi connectivity index (χ0v) is 25.4. The normalized spacial score (nSPS) is 22.3. The Balaban J connectivity index is 1.54. The number of carbonyl (C=O) groups is 2. The van der Waals surface area contributed by atoms with Crippen molar-refractivity contribution in [3.8, 4) is 11.3 Å². The number of methoxy groups -OCH3 is 2. The van der Waals surface area contributed by atoms with Crippen LogP contribution in [0.25, 0.3) is 11.3 Å². The Labute approximate surface area is 242 Å². The molecule has 2 fully saturated rings. The van der Waals surface area contributed by atoms with E-state index < -0.39 is 30.5 Å². The Kier molecular flexibility index (Phi) is 9.47. The summed E-state index contributed by atoms with van der Waals surface area (Å²) < 4.78 is 28.3. The van der Waals surface area contributed by atoms with Crippen LogP contribution in [0.2, 0.25) is 0 Å². The summed E-state index contributed by atoms with van der Waals surface area (Å²) in [4.78, 5) is 35.6. The van der Waals surface area contributed by atoms with Crippen LogP contribution >= 0.6 is 0 Å². The lowest BCUT2D eigenvalue weighted by Crippen LogP contribution is -2.51. The average molecular weight is 570 g/mol. The highest BCUT2D eigenvalue weighted by Crippen LogP contribution is 2.37. The zero-order valence-electron chi connectivity index (χ0n) is 25.4. The van der Waals surface area contributed by atoms with Crippen LogP contribution in [0, 0.1) is 5.92 Å². The third-order valence-corrected chi connectivity index (χ3v) is 8.24. The molecular formula is C29H43BN4O7. The van der Waals surface area contributed by atoms with Crippen LogP contribution in [-0.4, -0.2) is 91.3 Å². The lowest BCUT2D eigenvalue weighted by Gasteiger charge is -2.32. The van der Waals surface area contributed by atoms with E-state index in [0.717, 1.165) is 16.7 Å². The number of alkyl carbamates (subject to hydrolysis) is 1. The van der Waals surface area contributed by atoms with Crippen molar-refractivity contribution < 1.29 is 33.1 Å². The fraction of sp³-hybridized carbons (Fsp3) is 0.621. The molecule has 3 atom stereocenters. The van der Waals surface area contributed by atoms with Crippen LogP contribution < -0.4 is 10.8 Å². The van der Waals surface area contributed by atoms with Crippen LogP contribution in [0.4, 0.5) is 4.79 Å². The molecule has 41 heavy (non-hydrogen) atoms. The summed E-state index contributed by atoms with van der Waals surface area (Å²) in [5.41, 5.74) is 1.88. The predicted molar refractivity (Wildman–Crippen MR) is 155 cm³/mol. The van der Waals surface area contributed by atoms with Gasteiger partial charge in [-0.1, -0.05) is 38.1 Å². The molecule has 4 rings (SSSR count). The van der Waals surface area contributed by atoms with Crippen LogP contribution in [0.3, 0.4) is 0 Å². The topological polar surface area (TPSA) is 124 Å². The third kappa shape index (κ3) is 6.77. The number of nitrogens with one attached hydrogen (secondary N) is 2. The van der Waals surface area contributed by atoms with Crippen molar-refractivity contribution in [2.24, 2.45) is 5.92 Å². The number of aromatic amines is 1. The average Bonchev–Trinajstić information content (AvgIpc) is 3.63. The first-order chi connectivity index (χ1) is 19.4. The number of hydrogen-bond donors (Lipinski definition) is 2. The highest BCUT2D eigenvalue weighted by atomic mass is 16.7. The highest BCUT2D eigenvalue weighted by molar-refractivity contribution is 6.62. The van der Waals surface area contributed by atoms with Crippen LogP contribution in [-0.2, 0) is 28.3 Å². The number of nitrogens with zero attached hydrogens (tertiary/aromatic N) is 2. The minimum Gasteiger partial charge on any atom is -0.453 e. The first-order valence-electron chi connectivity index (χ1n) is 14.1. The number of ether oxygens (including phenoxy) is 3. The quantitative estimate of drug-likeness (QED) is 0.330. The largest absolute Gasteiger partial charge is 0.494 e. The molecule has 3 heterocycles. The first kappa shape index (κ1) is 31.0. The molecule has 0 saturated carbocycles. The molecule has 0 spiro atoms. The number of hydrogen-bond acceptors (Lipinski definition) is 8. The van der Waals surface area contributed by atoms with Gasteiger partial charge in [0, 0.05) is 20.1 Å². The lowest BCUT2D eigenvalue weighted by atomic mass is 9.79. The zero-order chi connectivity index (χ0) is 29.9. The molecule has 0 bridgehead atoms. The molecule has 1 aromatic carbocycles. The van der Waals surface area contributed by atoms with Crippen molar-refractivity contribution in [3.05, 3.63) is 36.3 Å². The Morgan fingerprint density at radius 1 is 1.12 bits per heavy atom. The maximum Gasteiger partial charge on any atom is 0.494 e. The lowest BCUT2D eigenvalue weighted by molar-refractivity contribution is -0.136. The number of H-pyrrole nitrogens is 1. The monoisotopic (exact) mass is 570 g/mol. The maximum atomic E-state index is 13.7. The molecule has 2 saturated heterocycles. The second-order valence-corrected chi connectivity index (χ2v) is 12.0. The van der Waals surface area contributed by atoms with E-state index in [1.807, 2.05) is 65.8 Å². The maximum absolute atomic E-state index is 13.7. The predicted octanol–water partition coefficient (Wildman–Crippen LogP) is 3.06. The fourth-order valence-corrected chi connectivity index (χ4v) is 5.05. The third-order valence-electron chi connectivity index (χ3n) is 8.24. The number of aromatic nitrogens is 2. The summed E-state index contributed by atoms with van der Waals surface area (Å²) in [5.74, 6) is 0.296. The Morgan fingerprint density at radius 2 is 1.78 bits per heavy atom. The first-order valence-corrected chi connectivity index (χ1v) is 14.1. The van der Waals surface area contributed by atoms with Crippen molar-refractivity contribution in [1.29, 1.82) is 0 Å². The van der Waals surface area contributed by atoms with E-state index in [-0.39, 0.29) is 24.0 Å². The van der Waals surface area contributed by atoms with E-state index in [4.69, 9.17) is 23.5 Å². The molecule has 0 aliphatic carbocycles. The summed E-state index contributed by atoms with van der Waals surface area (Å²) in [7, 11) is 2.46. The van der Waals surface area contributed by atoms with Gasteiger partial charge < -0.3 is 38.7 Å². The van der Waals surface area contributed by atoms with E-state index in [0.29, 0.717) is 32.0 Å². The van der Waals surface area contributed by atoms with E-state index >= 15 is 0 Å². The molecule has 2 aliphatic rings. The van der Waals surface area contributed by atoms with Gasteiger partial charge in [-0.05, 0) is 44.6 Å². The molecule has 2 amide bonds. The summed E-state index contributed by atoms with van der Waals surface area (Å²) in [6.45, 7) is 13.2. The van der Waals surface area contributed by atoms with Crippen LogP contribution in [0.5, 0.6) is 0 Å². The smallest absolute Gasteiger partial charge is 0.453 e. The van der Waals surface area contributed by atoms with E-state index in [9.17, 15) is 9.59 Å². The summed E-state index contributed by atoms with van der Waals surface area (Å²) in [5, 5.41) is 2.69. The number of rotatable bonds is 10. The molecule has 12 heteroatoms. The minimum atomic E-state index is -0.750. The summed E-state index contributed by atoms with van der Waals surface area (Å²) in [6, 6.07) is 6.89. The highest BCUT2D eigenvalue weighted by Gasteiger charge is 2.51. The van der Waals surface area contributed by atoms with E-state index in [2.05, 4.69) is 15.3 Å². The van der Waals surface area contributed by atoms with Crippen molar-refractivity contribution in [1.82, 2.24) is 20.2 Å². The molecular weight excluding hydrogens is 527 g/mol. The number of imidazole rings is 1. The van der Waals surface area contributed by atoms with Gasteiger partial charge in [0.05, 0.1) is 55.6 Å². The van der Waals surface area contributed by atoms with Gasteiger partial charge in [-0.2, -0.15) is 0 Å². The number of likely N-dealkylation sites (tertiary alicyclic amines) is 1. The molecule has 2 aromatic rings. The number of amides is 2.